The third-order valence-corrected chi connectivity index (χ3v) is 9.59. The molecule has 1 unspecified atom stereocenters. The summed E-state index contributed by atoms with van der Waals surface area (Å²) in [6.45, 7) is 15.0. The molecule has 2 aromatic heterocycles. The number of carbonyl (C=O) groups is 2. The molecule has 3 aliphatic rings. The van der Waals surface area contributed by atoms with Crippen LogP contribution in [0.3, 0.4) is 0 Å². The van der Waals surface area contributed by atoms with E-state index in [2.05, 4.69) is 61.8 Å². The number of carbonyl (C=O) groups excluding carboxylic acids is 2. The van der Waals surface area contributed by atoms with Crippen molar-refractivity contribution in [2.75, 3.05) is 41.3 Å². The molecule has 232 valence electrons. The van der Waals surface area contributed by atoms with E-state index in [1.54, 1.807) is 29.2 Å². The van der Waals surface area contributed by atoms with E-state index in [1.165, 1.54) is 6.07 Å². The van der Waals surface area contributed by atoms with Crippen LogP contribution in [0, 0.1) is 11.3 Å². The Hall–Kier alpha value is -3.67. The minimum atomic E-state index is -4.28. The molecule has 3 amide bonds. The number of amides is 3. The molecule has 0 radical (unpaired) electrons. The number of pyridine rings is 2. The van der Waals surface area contributed by atoms with E-state index in [0.717, 1.165) is 19.3 Å². The van der Waals surface area contributed by atoms with Crippen molar-refractivity contribution >= 4 is 39.4 Å². The molecule has 0 aromatic carbocycles. The molecular formula is C31H43N7O4S. The molecule has 11 nitrogen and oxygen atoms in total. The Bertz CT molecular complexity index is 1530. The molecule has 2 fully saturated rings. The molecule has 4 heterocycles. The summed E-state index contributed by atoms with van der Waals surface area (Å²) in [5, 5.41) is 2.95. The highest BCUT2D eigenvalue weighted by molar-refractivity contribution is 7.90. The molecule has 12 heteroatoms. The van der Waals surface area contributed by atoms with Gasteiger partial charge in [0, 0.05) is 43.7 Å². The highest BCUT2D eigenvalue weighted by Gasteiger charge is 2.38. The Morgan fingerprint density at radius 3 is 2.49 bits per heavy atom. The summed E-state index contributed by atoms with van der Waals surface area (Å²) in [7, 11) is -4.28. The van der Waals surface area contributed by atoms with Crippen LogP contribution in [0.15, 0.2) is 47.5 Å². The monoisotopic (exact) mass is 609 g/mol. The number of urea groups is 1. The lowest BCUT2D eigenvalue weighted by molar-refractivity contribution is 0.0981. The van der Waals surface area contributed by atoms with Gasteiger partial charge in [0.25, 0.3) is 15.9 Å². The maximum Gasteiger partial charge on any atom is 0.325 e. The zero-order valence-corrected chi connectivity index (χ0v) is 26.7. The van der Waals surface area contributed by atoms with Crippen LogP contribution in [0.1, 0.15) is 71.2 Å². The van der Waals surface area contributed by atoms with Gasteiger partial charge in [-0.3, -0.25) is 9.69 Å². The Balaban J connectivity index is 1.39. The third kappa shape index (κ3) is 6.95. The van der Waals surface area contributed by atoms with E-state index in [-0.39, 0.29) is 33.6 Å². The summed E-state index contributed by atoms with van der Waals surface area (Å²) in [6.07, 6.45) is 6.78. The standard InChI is InChI=1S/C31H43N7O4S/c1-21(22-11-12-22)32-24-9-7-10-26(33-24)43(41,42)35-28(39)23-13-14-25(34-27(23)38-17-8-15-31(38,5)6)37-20-19-36(29(37)40)18-16-30(2,3)4/h7,9-14,21-22H,8,15-20H2,1-6H3,(H,32,33)(H,35,39). The second kappa shape index (κ2) is 11.4. The first-order chi connectivity index (χ1) is 20.1. The molecular weight excluding hydrogens is 566 g/mol. The molecule has 2 saturated heterocycles. The topological polar surface area (TPSA) is 128 Å². The first-order valence-corrected chi connectivity index (χ1v) is 16.5. The maximum atomic E-state index is 13.6. The Kier molecular flexibility index (Phi) is 8.19. The predicted octanol–water partition coefficient (Wildman–Crippen LogP) is 4.64. The molecule has 0 bridgehead atoms. The van der Waals surface area contributed by atoms with Gasteiger partial charge in [0.15, 0.2) is 5.03 Å². The number of aromatic nitrogens is 2. The van der Waals surface area contributed by atoms with E-state index in [9.17, 15) is 18.0 Å². The smallest absolute Gasteiger partial charge is 0.325 e. The zero-order chi connectivity index (χ0) is 31.2. The average Bonchev–Trinajstić information content (AvgIpc) is 3.63. The minimum Gasteiger partial charge on any atom is -0.367 e. The quantitative estimate of drug-likeness (QED) is 0.373. The van der Waals surface area contributed by atoms with Crippen molar-refractivity contribution in [3.05, 3.63) is 48.0 Å². The average molecular weight is 610 g/mol. The SMILES string of the molecule is CC(Nc1cccc(S(=O)(=O)NC(=O)c2ccc(N3CCN(CCC(C)(C)C)C3=O)nc2N2CCCC2(C)C)n1)C1C=C1. The molecule has 2 N–H and O–H groups in total. The Labute approximate surface area is 254 Å². The maximum absolute atomic E-state index is 13.6. The molecule has 1 aliphatic carbocycles. The second-order valence-electron chi connectivity index (χ2n) is 13.5. The third-order valence-electron chi connectivity index (χ3n) is 8.36. The van der Waals surface area contributed by atoms with Crippen LogP contribution in [0.4, 0.5) is 22.2 Å². The van der Waals surface area contributed by atoms with E-state index in [0.29, 0.717) is 49.6 Å². The van der Waals surface area contributed by atoms with E-state index in [1.807, 2.05) is 16.7 Å². The first kappa shape index (κ1) is 30.8. The fourth-order valence-electron chi connectivity index (χ4n) is 5.55. The minimum absolute atomic E-state index is 0.0732. The van der Waals surface area contributed by atoms with Crippen molar-refractivity contribution < 1.29 is 18.0 Å². The summed E-state index contributed by atoms with van der Waals surface area (Å²) >= 11 is 0. The number of anilines is 3. The van der Waals surface area contributed by atoms with Crippen LogP contribution in [0.2, 0.25) is 0 Å². The first-order valence-electron chi connectivity index (χ1n) is 15.0. The molecule has 5 rings (SSSR count). The molecule has 2 aromatic rings. The summed E-state index contributed by atoms with van der Waals surface area (Å²) in [6, 6.07) is 7.79. The fourth-order valence-corrected chi connectivity index (χ4v) is 6.48. The molecule has 0 spiro atoms. The van der Waals surface area contributed by atoms with Crippen molar-refractivity contribution in [2.45, 2.75) is 77.4 Å². The van der Waals surface area contributed by atoms with Gasteiger partial charge in [-0.1, -0.05) is 39.0 Å². The normalized spacial score (nSPS) is 19.2. The number of nitrogens with one attached hydrogen (secondary N) is 2. The predicted molar refractivity (Wildman–Crippen MR) is 168 cm³/mol. The van der Waals surface area contributed by atoms with Crippen molar-refractivity contribution in [3.63, 3.8) is 0 Å². The van der Waals surface area contributed by atoms with Crippen LogP contribution in [0.5, 0.6) is 0 Å². The van der Waals surface area contributed by atoms with Crippen molar-refractivity contribution in [2.24, 2.45) is 11.3 Å². The largest absolute Gasteiger partial charge is 0.367 e. The van der Waals surface area contributed by atoms with Crippen molar-refractivity contribution in [1.29, 1.82) is 0 Å². The highest BCUT2D eigenvalue weighted by Crippen LogP contribution is 2.36. The van der Waals surface area contributed by atoms with Crippen molar-refractivity contribution in [3.8, 4) is 0 Å². The van der Waals surface area contributed by atoms with E-state index >= 15 is 0 Å². The number of sulfonamides is 1. The second-order valence-corrected chi connectivity index (χ2v) is 15.2. The van der Waals surface area contributed by atoms with Crippen LogP contribution >= 0.6 is 0 Å². The summed E-state index contributed by atoms with van der Waals surface area (Å²) in [4.78, 5) is 41.5. The van der Waals surface area contributed by atoms with Gasteiger partial charge >= 0.3 is 6.03 Å². The van der Waals surface area contributed by atoms with Gasteiger partial charge in [-0.2, -0.15) is 8.42 Å². The number of hydrogen-bond donors (Lipinski definition) is 2. The van der Waals surface area contributed by atoms with Gasteiger partial charge in [-0.15, -0.1) is 0 Å². The number of hydrogen-bond acceptors (Lipinski definition) is 8. The summed E-state index contributed by atoms with van der Waals surface area (Å²) < 4.78 is 28.8. The van der Waals surface area contributed by atoms with Crippen molar-refractivity contribution in [1.82, 2.24) is 19.6 Å². The van der Waals surface area contributed by atoms with Crippen LogP contribution in [-0.4, -0.2) is 73.0 Å². The van der Waals surface area contributed by atoms with E-state index in [4.69, 9.17) is 4.98 Å². The highest BCUT2D eigenvalue weighted by atomic mass is 32.2. The summed E-state index contributed by atoms with van der Waals surface area (Å²) in [5.41, 5.74) is -0.0707. The Morgan fingerprint density at radius 1 is 1.09 bits per heavy atom. The van der Waals surface area contributed by atoms with Gasteiger partial charge in [0.2, 0.25) is 0 Å². The lowest BCUT2D eigenvalue weighted by Crippen LogP contribution is -2.41. The van der Waals surface area contributed by atoms with Gasteiger partial charge in [-0.25, -0.2) is 19.5 Å². The van der Waals surface area contributed by atoms with Gasteiger partial charge in [0.1, 0.15) is 17.5 Å². The lowest BCUT2D eigenvalue weighted by Gasteiger charge is -2.34. The lowest BCUT2D eigenvalue weighted by atomic mass is 9.92. The Morgan fingerprint density at radius 2 is 1.84 bits per heavy atom. The fraction of sp³-hybridized carbons (Fsp3) is 0.548. The van der Waals surface area contributed by atoms with E-state index < -0.39 is 15.9 Å². The number of rotatable bonds is 10. The zero-order valence-electron chi connectivity index (χ0n) is 25.9. The molecule has 0 saturated carbocycles. The molecule has 1 atom stereocenters. The molecule has 2 aliphatic heterocycles. The number of nitrogens with zero attached hydrogens (tertiary/aromatic N) is 5. The molecule has 43 heavy (non-hydrogen) atoms. The van der Waals surface area contributed by atoms with Crippen LogP contribution < -0.4 is 19.8 Å². The summed E-state index contributed by atoms with van der Waals surface area (Å²) in [5.74, 6) is 0.733. The van der Waals surface area contributed by atoms with Gasteiger partial charge in [0.05, 0.1) is 5.56 Å². The van der Waals surface area contributed by atoms with Crippen LogP contribution in [0.25, 0.3) is 0 Å². The van der Waals surface area contributed by atoms with Gasteiger partial charge < -0.3 is 15.1 Å². The van der Waals surface area contributed by atoms with Gasteiger partial charge in [-0.05, 0) is 69.7 Å². The van der Waals surface area contributed by atoms with Crippen LogP contribution in [-0.2, 0) is 10.0 Å².